The van der Waals surface area contributed by atoms with Gasteiger partial charge in [-0.3, -0.25) is 14.9 Å². The Balaban J connectivity index is 2.05. The zero-order chi connectivity index (χ0) is 20.0. The highest BCUT2D eigenvalue weighted by Crippen LogP contribution is 2.28. The van der Waals surface area contributed by atoms with Crippen LogP contribution in [0.1, 0.15) is 10.4 Å². The molecule has 0 unspecified atom stereocenters. The van der Waals surface area contributed by atoms with Gasteiger partial charge in [0, 0.05) is 17.2 Å². The molecule has 0 radical (unpaired) electrons. The van der Waals surface area contributed by atoms with Crippen molar-refractivity contribution in [3.8, 4) is 11.5 Å². The zero-order valence-corrected chi connectivity index (χ0v) is 15.1. The fourth-order valence-electron chi connectivity index (χ4n) is 2.13. The first kappa shape index (κ1) is 20.0. The van der Waals surface area contributed by atoms with Crippen molar-refractivity contribution in [3.05, 3.63) is 57.1 Å². The molecule has 2 aromatic rings. The SMILES string of the molecule is COc1ccc(C(=O)OCC(=O)Nc2cc(Cl)ccc2[N+](=O)[O-])c(OC)c1. The lowest BCUT2D eigenvalue weighted by Gasteiger charge is -2.10. The summed E-state index contributed by atoms with van der Waals surface area (Å²) < 4.78 is 15.1. The Morgan fingerprint density at radius 2 is 1.89 bits per heavy atom. The smallest absolute Gasteiger partial charge is 0.342 e. The molecule has 0 saturated carbocycles. The second-order valence-electron chi connectivity index (χ2n) is 5.11. The summed E-state index contributed by atoms with van der Waals surface area (Å²) in [7, 11) is 2.84. The Morgan fingerprint density at radius 3 is 2.52 bits per heavy atom. The van der Waals surface area contributed by atoms with Crippen LogP contribution in [-0.4, -0.2) is 37.6 Å². The highest BCUT2D eigenvalue weighted by molar-refractivity contribution is 6.31. The Hall–Kier alpha value is -3.33. The van der Waals surface area contributed by atoms with E-state index in [0.29, 0.717) is 5.75 Å². The number of esters is 1. The highest BCUT2D eigenvalue weighted by atomic mass is 35.5. The molecular formula is C17H15ClN2O7. The third-order valence-electron chi connectivity index (χ3n) is 3.39. The topological polar surface area (TPSA) is 117 Å². The quantitative estimate of drug-likeness (QED) is 0.435. The molecule has 10 heteroatoms. The largest absolute Gasteiger partial charge is 0.497 e. The summed E-state index contributed by atoms with van der Waals surface area (Å²) in [5.74, 6) is -0.869. The van der Waals surface area contributed by atoms with E-state index >= 15 is 0 Å². The molecule has 0 saturated heterocycles. The second-order valence-corrected chi connectivity index (χ2v) is 5.55. The number of nitro groups is 1. The summed E-state index contributed by atoms with van der Waals surface area (Å²) in [5, 5.41) is 13.5. The van der Waals surface area contributed by atoms with Crippen LogP contribution in [0.5, 0.6) is 11.5 Å². The molecule has 0 aromatic heterocycles. The van der Waals surface area contributed by atoms with E-state index in [1.807, 2.05) is 0 Å². The number of hydrogen-bond donors (Lipinski definition) is 1. The van der Waals surface area contributed by atoms with Crippen LogP contribution >= 0.6 is 11.6 Å². The van der Waals surface area contributed by atoms with Crippen LogP contribution in [-0.2, 0) is 9.53 Å². The molecule has 0 fully saturated rings. The number of nitro benzene ring substituents is 1. The van der Waals surface area contributed by atoms with Crippen LogP contribution in [0.4, 0.5) is 11.4 Å². The Bertz CT molecular complexity index is 886. The number of rotatable bonds is 7. The van der Waals surface area contributed by atoms with Crippen LogP contribution in [0.25, 0.3) is 0 Å². The number of hydrogen-bond acceptors (Lipinski definition) is 7. The minimum atomic E-state index is -0.801. The molecule has 0 heterocycles. The van der Waals surface area contributed by atoms with Crippen LogP contribution in [0.15, 0.2) is 36.4 Å². The van der Waals surface area contributed by atoms with Gasteiger partial charge in [0.05, 0.1) is 19.1 Å². The molecule has 0 bridgehead atoms. The summed E-state index contributed by atoms with van der Waals surface area (Å²) in [4.78, 5) is 34.5. The first-order valence-corrected chi connectivity index (χ1v) is 7.86. The molecule has 1 amide bonds. The minimum Gasteiger partial charge on any atom is -0.497 e. The van der Waals surface area contributed by atoms with E-state index in [2.05, 4.69) is 5.32 Å². The van der Waals surface area contributed by atoms with Gasteiger partial charge < -0.3 is 19.5 Å². The van der Waals surface area contributed by atoms with Crippen LogP contribution in [0.3, 0.4) is 0 Å². The number of nitrogens with zero attached hydrogens (tertiary/aromatic N) is 1. The van der Waals surface area contributed by atoms with Gasteiger partial charge in [0.2, 0.25) is 0 Å². The predicted octanol–water partition coefficient (Wildman–Crippen LogP) is 3.06. The van der Waals surface area contributed by atoms with Gasteiger partial charge in [-0.05, 0) is 24.3 Å². The molecule has 0 atom stereocenters. The molecule has 0 spiro atoms. The van der Waals surface area contributed by atoms with E-state index in [9.17, 15) is 19.7 Å². The van der Waals surface area contributed by atoms with Gasteiger partial charge in [-0.2, -0.15) is 0 Å². The molecule has 2 aromatic carbocycles. The van der Waals surface area contributed by atoms with Crippen molar-refractivity contribution >= 4 is 34.9 Å². The van der Waals surface area contributed by atoms with Crippen molar-refractivity contribution in [1.82, 2.24) is 0 Å². The second kappa shape index (κ2) is 8.86. The lowest BCUT2D eigenvalue weighted by molar-refractivity contribution is -0.383. The fourth-order valence-corrected chi connectivity index (χ4v) is 2.30. The molecule has 0 aliphatic carbocycles. The summed E-state index contributed by atoms with van der Waals surface area (Å²) in [6.07, 6.45) is 0. The van der Waals surface area contributed by atoms with E-state index in [0.717, 1.165) is 6.07 Å². The number of benzene rings is 2. The van der Waals surface area contributed by atoms with Gasteiger partial charge in [0.15, 0.2) is 6.61 Å². The van der Waals surface area contributed by atoms with Gasteiger partial charge in [-0.1, -0.05) is 11.6 Å². The van der Waals surface area contributed by atoms with E-state index in [1.165, 1.54) is 44.6 Å². The Morgan fingerprint density at radius 1 is 1.15 bits per heavy atom. The first-order valence-electron chi connectivity index (χ1n) is 7.48. The van der Waals surface area contributed by atoms with Crippen LogP contribution < -0.4 is 14.8 Å². The van der Waals surface area contributed by atoms with E-state index in [1.54, 1.807) is 0 Å². The summed E-state index contributed by atoms with van der Waals surface area (Å²) in [6, 6.07) is 8.17. The molecule has 0 aliphatic rings. The number of carbonyl (C=O) groups excluding carboxylic acids is 2. The number of nitrogens with one attached hydrogen (secondary N) is 1. The van der Waals surface area contributed by atoms with Gasteiger partial charge in [-0.25, -0.2) is 4.79 Å². The van der Waals surface area contributed by atoms with Gasteiger partial charge in [0.1, 0.15) is 22.7 Å². The lowest BCUT2D eigenvalue weighted by Crippen LogP contribution is -2.21. The molecule has 2 rings (SSSR count). The Kier molecular flexibility index (Phi) is 6.56. The van der Waals surface area contributed by atoms with Crippen LogP contribution in [0.2, 0.25) is 5.02 Å². The lowest BCUT2D eigenvalue weighted by atomic mass is 10.2. The van der Waals surface area contributed by atoms with E-state index < -0.39 is 23.4 Å². The van der Waals surface area contributed by atoms with Crippen molar-refractivity contribution in [2.45, 2.75) is 0 Å². The number of anilines is 1. The molecular weight excluding hydrogens is 380 g/mol. The normalized spacial score (nSPS) is 10.0. The maximum atomic E-state index is 12.2. The molecule has 0 aliphatic heterocycles. The van der Waals surface area contributed by atoms with Gasteiger partial charge in [-0.15, -0.1) is 0 Å². The number of amides is 1. The van der Waals surface area contributed by atoms with Crippen molar-refractivity contribution < 1.29 is 28.7 Å². The van der Waals surface area contributed by atoms with Gasteiger partial charge in [0.25, 0.3) is 11.6 Å². The van der Waals surface area contributed by atoms with E-state index in [-0.39, 0.29) is 27.7 Å². The summed E-state index contributed by atoms with van der Waals surface area (Å²) in [6.45, 7) is -0.655. The number of halogens is 1. The maximum Gasteiger partial charge on any atom is 0.342 e. The average molecular weight is 395 g/mol. The predicted molar refractivity (Wildman–Crippen MR) is 96.6 cm³/mol. The number of methoxy groups -OCH3 is 2. The van der Waals surface area contributed by atoms with Crippen LogP contribution in [0, 0.1) is 10.1 Å². The third-order valence-corrected chi connectivity index (χ3v) is 3.63. The third kappa shape index (κ3) is 5.08. The first-order chi connectivity index (χ1) is 12.8. The van der Waals surface area contributed by atoms with Crippen molar-refractivity contribution in [2.24, 2.45) is 0 Å². The number of ether oxygens (including phenoxy) is 3. The van der Waals surface area contributed by atoms with E-state index in [4.69, 9.17) is 25.8 Å². The molecule has 9 nitrogen and oxygen atoms in total. The fraction of sp³-hybridized carbons (Fsp3) is 0.176. The summed E-state index contributed by atoms with van der Waals surface area (Å²) in [5.41, 5.74) is -0.341. The molecule has 142 valence electrons. The minimum absolute atomic E-state index is 0.0971. The zero-order valence-electron chi connectivity index (χ0n) is 14.4. The molecule has 1 N–H and O–H groups in total. The molecule has 27 heavy (non-hydrogen) atoms. The summed E-state index contributed by atoms with van der Waals surface area (Å²) >= 11 is 5.79. The van der Waals surface area contributed by atoms with Gasteiger partial charge >= 0.3 is 5.97 Å². The monoisotopic (exact) mass is 394 g/mol. The van der Waals surface area contributed by atoms with Crippen molar-refractivity contribution in [2.75, 3.05) is 26.1 Å². The van der Waals surface area contributed by atoms with Crippen molar-refractivity contribution in [1.29, 1.82) is 0 Å². The maximum absolute atomic E-state index is 12.2. The highest BCUT2D eigenvalue weighted by Gasteiger charge is 2.19. The van der Waals surface area contributed by atoms with Crippen molar-refractivity contribution in [3.63, 3.8) is 0 Å². The Labute approximate surface area is 158 Å². The standard InChI is InChI=1S/C17H15ClN2O7/c1-25-11-4-5-12(15(8-11)26-2)17(22)27-9-16(21)19-13-7-10(18)3-6-14(13)20(23)24/h3-8H,9H2,1-2H3,(H,19,21). The average Bonchev–Trinajstić information content (AvgIpc) is 2.65. The number of carbonyl (C=O) groups is 2.